The highest BCUT2D eigenvalue weighted by molar-refractivity contribution is 5.77. The molecule has 0 saturated heterocycles. The topological polar surface area (TPSA) is 32.3 Å². The molecule has 0 aliphatic rings. The van der Waals surface area contributed by atoms with Crippen LogP contribution in [0.2, 0.25) is 0 Å². The van der Waals surface area contributed by atoms with Crippen molar-refractivity contribution in [2.24, 2.45) is 5.92 Å². The molecule has 0 heterocycles. The lowest BCUT2D eigenvalue weighted by Crippen LogP contribution is -2.43. The van der Waals surface area contributed by atoms with Gasteiger partial charge in [-0.05, 0) is 27.7 Å². The van der Waals surface area contributed by atoms with Crippen molar-refractivity contribution in [3.63, 3.8) is 0 Å². The molecule has 3 nitrogen and oxygen atoms in total. The third kappa shape index (κ3) is 5.78. The summed E-state index contributed by atoms with van der Waals surface area (Å²) in [7, 11) is 0. The number of amides is 1. The van der Waals surface area contributed by atoms with Gasteiger partial charge in [-0.3, -0.25) is 9.69 Å². The average Bonchev–Trinajstić information content (AvgIpc) is 2.10. The van der Waals surface area contributed by atoms with E-state index in [2.05, 4.69) is 37.9 Å². The lowest BCUT2D eigenvalue weighted by molar-refractivity contribution is -0.124. The van der Waals surface area contributed by atoms with Crippen molar-refractivity contribution in [2.45, 2.75) is 53.6 Å². The summed E-state index contributed by atoms with van der Waals surface area (Å²) in [5.74, 6) is 0.221. The van der Waals surface area contributed by atoms with Crippen LogP contribution in [0.15, 0.2) is 0 Å². The van der Waals surface area contributed by atoms with E-state index in [1.807, 2.05) is 13.8 Å². The van der Waals surface area contributed by atoms with Crippen molar-refractivity contribution in [1.29, 1.82) is 0 Å². The number of carbonyl (C=O) groups excluding carboxylic acids is 1. The monoisotopic (exact) mass is 214 g/mol. The van der Waals surface area contributed by atoms with Crippen molar-refractivity contribution >= 4 is 5.91 Å². The van der Waals surface area contributed by atoms with E-state index in [1.165, 1.54) is 0 Å². The summed E-state index contributed by atoms with van der Waals surface area (Å²) in [5, 5.41) is 2.94. The van der Waals surface area contributed by atoms with E-state index in [4.69, 9.17) is 0 Å². The fraction of sp³-hybridized carbons (Fsp3) is 0.917. The van der Waals surface area contributed by atoms with Gasteiger partial charge in [0.05, 0.1) is 0 Å². The molecule has 0 fully saturated rings. The summed E-state index contributed by atoms with van der Waals surface area (Å²) in [6.07, 6.45) is 0. The Kier molecular flexibility index (Phi) is 6.57. The van der Waals surface area contributed by atoms with Crippen LogP contribution in [0.5, 0.6) is 0 Å². The number of hydrogen-bond donors (Lipinski definition) is 1. The van der Waals surface area contributed by atoms with E-state index in [1.54, 1.807) is 0 Å². The minimum Gasteiger partial charge on any atom is -0.355 e. The van der Waals surface area contributed by atoms with Crippen LogP contribution in [0, 0.1) is 5.92 Å². The number of nitrogens with zero attached hydrogens (tertiary/aromatic N) is 1. The van der Waals surface area contributed by atoms with Crippen molar-refractivity contribution in [3.8, 4) is 0 Å². The van der Waals surface area contributed by atoms with Crippen LogP contribution in [0.3, 0.4) is 0 Å². The molecule has 0 saturated carbocycles. The molecule has 0 radical (unpaired) electrons. The van der Waals surface area contributed by atoms with Crippen molar-refractivity contribution in [1.82, 2.24) is 10.2 Å². The van der Waals surface area contributed by atoms with Gasteiger partial charge in [-0.15, -0.1) is 0 Å². The third-order valence-corrected chi connectivity index (χ3v) is 2.52. The summed E-state index contributed by atoms with van der Waals surface area (Å²) < 4.78 is 0. The Morgan fingerprint density at radius 3 is 1.87 bits per heavy atom. The molecule has 0 aliphatic carbocycles. The molecular weight excluding hydrogens is 188 g/mol. The third-order valence-electron chi connectivity index (χ3n) is 2.52. The van der Waals surface area contributed by atoms with Gasteiger partial charge in [-0.25, -0.2) is 0 Å². The van der Waals surface area contributed by atoms with Gasteiger partial charge in [0.15, 0.2) is 0 Å². The molecule has 0 rings (SSSR count). The highest BCUT2D eigenvalue weighted by Gasteiger charge is 2.13. The van der Waals surface area contributed by atoms with Gasteiger partial charge in [0, 0.05) is 31.1 Å². The molecule has 0 atom stereocenters. The zero-order chi connectivity index (χ0) is 12.0. The normalized spacial score (nSPS) is 11.9. The zero-order valence-electron chi connectivity index (χ0n) is 11.0. The minimum atomic E-state index is 0.0801. The van der Waals surface area contributed by atoms with Crippen molar-refractivity contribution in [3.05, 3.63) is 0 Å². The van der Waals surface area contributed by atoms with Crippen LogP contribution < -0.4 is 5.32 Å². The van der Waals surface area contributed by atoms with Crippen molar-refractivity contribution in [2.75, 3.05) is 13.1 Å². The first-order valence-electron chi connectivity index (χ1n) is 5.89. The minimum absolute atomic E-state index is 0.0801. The van der Waals surface area contributed by atoms with Gasteiger partial charge < -0.3 is 5.32 Å². The lowest BCUT2D eigenvalue weighted by Gasteiger charge is -2.30. The van der Waals surface area contributed by atoms with Gasteiger partial charge >= 0.3 is 0 Å². The molecule has 0 aromatic heterocycles. The summed E-state index contributed by atoms with van der Waals surface area (Å²) in [5.41, 5.74) is 0. The number of nitrogens with one attached hydrogen (secondary N) is 1. The molecule has 0 unspecified atom stereocenters. The molecule has 0 spiro atoms. The second-order valence-corrected chi connectivity index (χ2v) is 4.87. The maximum Gasteiger partial charge on any atom is 0.222 e. The van der Waals surface area contributed by atoms with Gasteiger partial charge in [-0.1, -0.05) is 13.8 Å². The van der Waals surface area contributed by atoms with E-state index < -0.39 is 0 Å². The number of carbonyl (C=O) groups is 1. The van der Waals surface area contributed by atoms with E-state index in [0.717, 1.165) is 13.1 Å². The van der Waals surface area contributed by atoms with E-state index in [9.17, 15) is 4.79 Å². The second-order valence-electron chi connectivity index (χ2n) is 4.87. The Morgan fingerprint density at radius 1 is 1.07 bits per heavy atom. The van der Waals surface area contributed by atoms with Crippen molar-refractivity contribution < 1.29 is 4.79 Å². The quantitative estimate of drug-likeness (QED) is 0.732. The van der Waals surface area contributed by atoms with Crippen LogP contribution in [0.4, 0.5) is 0 Å². The largest absolute Gasteiger partial charge is 0.355 e. The smallest absolute Gasteiger partial charge is 0.222 e. The number of hydrogen-bond acceptors (Lipinski definition) is 2. The standard InChI is InChI=1S/C12H26N2O/c1-9(2)12(15)13-7-8-14(10(3)4)11(5)6/h9-11H,7-8H2,1-6H3,(H,13,15). The Bertz CT molecular complexity index is 180. The molecule has 90 valence electrons. The summed E-state index contributed by atoms with van der Waals surface area (Å²) >= 11 is 0. The molecule has 15 heavy (non-hydrogen) atoms. The van der Waals surface area contributed by atoms with Crippen LogP contribution in [0.25, 0.3) is 0 Å². The summed E-state index contributed by atoms with van der Waals surface area (Å²) in [6, 6.07) is 1.06. The van der Waals surface area contributed by atoms with Crippen LogP contribution >= 0.6 is 0 Å². The first kappa shape index (κ1) is 14.4. The van der Waals surface area contributed by atoms with E-state index >= 15 is 0 Å². The summed E-state index contributed by atoms with van der Waals surface area (Å²) in [4.78, 5) is 13.7. The molecule has 0 aromatic carbocycles. The molecule has 0 aliphatic heterocycles. The molecular formula is C12H26N2O. The maximum absolute atomic E-state index is 11.3. The molecule has 3 heteroatoms. The van der Waals surface area contributed by atoms with Gasteiger partial charge in [0.1, 0.15) is 0 Å². The SMILES string of the molecule is CC(C)C(=O)NCCN(C(C)C)C(C)C. The Hall–Kier alpha value is -0.570. The fourth-order valence-electron chi connectivity index (χ4n) is 1.63. The van der Waals surface area contributed by atoms with E-state index in [0.29, 0.717) is 12.1 Å². The predicted octanol–water partition coefficient (Wildman–Crippen LogP) is 1.88. The first-order chi connectivity index (χ1) is 6.86. The van der Waals surface area contributed by atoms with Crippen LogP contribution in [0.1, 0.15) is 41.5 Å². The Morgan fingerprint density at radius 2 is 1.53 bits per heavy atom. The van der Waals surface area contributed by atoms with Gasteiger partial charge in [0.2, 0.25) is 5.91 Å². The molecule has 0 aromatic rings. The van der Waals surface area contributed by atoms with E-state index in [-0.39, 0.29) is 11.8 Å². The molecule has 1 N–H and O–H groups in total. The second kappa shape index (κ2) is 6.83. The highest BCUT2D eigenvalue weighted by atomic mass is 16.1. The lowest BCUT2D eigenvalue weighted by atomic mass is 10.2. The van der Waals surface area contributed by atoms with Gasteiger partial charge in [-0.2, -0.15) is 0 Å². The summed E-state index contributed by atoms with van der Waals surface area (Å²) in [6.45, 7) is 14.2. The zero-order valence-corrected chi connectivity index (χ0v) is 11.0. The van der Waals surface area contributed by atoms with Crippen LogP contribution in [-0.2, 0) is 4.79 Å². The van der Waals surface area contributed by atoms with Crippen LogP contribution in [-0.4, -0.2) is 36.0 Å². The highest BCUT2D eigenvalue weighted by Crippen LogP contribution is 2.03. The number of rotatable bonds is 6. The Balaban J connectivity index is 3.87. The maximum atomic E-state index is 11.3. The van der Waals surface area contributed by atoms with Gasteiger partial charge in [0.25, 0.3) is 0 Å². The first-order valence-corrected chi connectivity index (χ1v) is 5.89. The fourth-order valence-corrected chi connectivity index (χ4v) is 1.63. The predicted molar refractivity (Wildman–Crippen MR) is 64.8 cm³/mol. The molecule has 1 amide bonds. The average molecular weight is 214 g/mol. The molecule has 0 bridgehead atoms. The Labute approximate surface area is 94.2 Å².